The second-order valence-corrected chi connectivity index (χ2v) is 9.11. The Hall–Kier alpha value is -3.81. The third-order valence-electron chi connectivity index (χ3n) is 5.68. The number of thiocarbonyl (C=S) groups is 1. The Balaban J connectivity index is 1.59. The maximum Gasteiger partial charge on any atom is 0.270 e. The Bertz CT molecular complexity index is 1500. The third-order valence-corrected chi connectivity index (χ3v) is 6.73. The maximum atomic E-state index is 13.5. The second kappa shape index (κ2) is 9.82. The molecule has 0 saturated carbocycles. The zero-order valence-electron chi connectivity index (χ0n) is 18.4. The summed E-state index contributed by atoms with van der Waals surface area (Å²) in [6.07, 6.45) is 1.59. The monoisotopic (exact) mass is 542 g/mol. The lowest BCUT2D eigenvalue weighted by atomic mass is 9.99. The third kappa shape index (κ3) is 4.60. The molecule has 0 spiro atoms. The molecule has 1 heterocycles. The number of nitrogens with one attached hydrogen (secondary N) is 1. The first-order valence-electron chi connectivity index (χ1n) is 10.9. The molecule has 5 rings (SSSR count). The molecule has 172 valence electrons. The van der Waals surface area contributed by atoms with Crippen molar-refractivity contribution in [1.82, 2.24) is 5.32 Å². The number of fused-ring (bicyclic) bond motifs is 1. The minimum atomic E-state index is -0.545. The largest absolute Gasteiger partial charge is 0.488 e. The van der Waals surface area contributed by atoms with Crippen LogP contribution in [-0.2, 0) is 16.2 Å². The number of ether oxygens (including phenoxy) is 1. The summed E-state index contributed by atoms with van der Waals surface area (Å²) >= 11 is 8.86. The van der Waals surface area contributed by atoms with Crippen LogP contribution in [0.1, 0.15) is 11.1 Å². The van der Waals surface area contributed by atoms with E-state index in [0.717, 1.165) is 20.8 Å². The van der Waals surface area contributed by atoms with Crippen LogP contribution >= 0.6 is 28.1 Å². The lowest BCUT2D eigenvalue weighted by Gasteiger charge is -2.29. The topological polar surface area (TPSA) is 58.6 Å². The fraction of sp³-hybridized carbons (Fsp3) is 0.0357. The first-order chi connectivity index (χ1) is 17.0. The number of rotatable bonds is 5. The fourth-order valence-electron chi connectivity index (χ4n) is 3.93. The normalized spacial score (nSPS) is 14.9. The molecule has 1 aliphatic heterocycles. The summed E-state index contributed by atoms with van der Waals surface area (Å²) in [5, 5.41) is 4.52. The van der Waals surface area contributed by atoms with Gasteiger partial charge >= 0.3 is 0 Å². The van der Waals surface area contributed by atoms with Crippen molar-refractivity contribution in [3.8, 4) is 5.75 Å². The van der Waals surface area contributed by atoms with E-state index in [0.29, 0.717) is 23.6 Å². The molecule has 5 nitrogen and oxygen atoms in total. The summed E-state index contributed by atoms with van der Waals surface area (Å²) in [4.78, 5) is 27.7. The highest BCUT2D eigenvalue weighted by Crippen LogP contribution is 2.32. The number of nitrogens with zero attached hydrogens (tertiary/aromatic N) is 1. The number of hydrogen-bond acceptors (Lipinski definition) is 4. The lowest BCUT2D eigenvalue weighted by molar-refractivity contribution is -0.122. The van der Waals surface area contributed by atoms with Crippen molar-refractivity contribution in [2.45, 2.75) is 6.61 Å². The quantitative estimate of drug-likeness (QED) is 0.190. The van der Waals surface area contributed by atoms with E-state index in [1.807, 2.05) is 78.9 Å². The molecule has 1 fully saturated rings. The molecule has 1 aliphatic rings. The molecular weight excluding hydrogens is 524 g/mol. The molecule has 35 heavy (non-hydrogen) atoms. The van der Waals surface area contributed by atoms with Crippen molar-refractivity contribution in [1.29, 1.82) is 0 Å². The number of carbonyl (C=O) groups is 2. The average molecular weight is 543 g/mol. The molecule has 4 aromatic carbocycles. The Morgan fingerprint density at radius 1 is 0.886 bits per heavy atom. The van der Waals surface area contributed by atoms with Crippen LogP contribution < -0.4 is 15.0 Å². The van der Waals surface area contributed by atoms with Gasteiger partial charge in [-0.2, -0.15) is 0 Å². The zero-order valence-corrected chi connectivity index (χ0v) is 20.8. The molecule has 1 saturated heterocycles. The minimum Gasteiger partial charge on any atom is -0.488 e. The number of benzene rings is 4. The van der Waals surface area contributed by atoms with Gasteiger partial charge in [-0.3, -0.25) is 19.8 Å². The summed E-state index contributed by atoms with van der Waals surface area (Å²) in [6.45, 7) is 0.316. The van der Waals surface area contributed by atoms with E-state index in [9.17, 15) is 9.59 Å². The molecule has 7 heteroatoms. The fourth-order valence-corrected chi connectivity index (χ4v) is 4.61. The highest BCUT2D eigenvalue weighted by molar-refractivity contribution is 9.10. The highest BCUT2D eigenvalue weighted by Gasteiger charge is 2.34. The van der Waals surface area contributed by atoms with Crippen LogP contribution in [0.4, 0.5) is 5.69 Å². The summed E-state index contributed by atoms with van der Waals surface area (Å²) in [6, 6.07) is 28.4. The number of hydrogen-bond donors (Lipinski definition) is 1. The van der Waals surface area contributed by atoms with Gasteiger partial charge in [0.2, 0.25) is 0 Å². The Kier molecular flexibility index (Phi) is 6.44. The van der Waals surface area contributed by atoms with E-state index in [1.165, 1.54) is 4.90 Å². The smallest absolute Gasteiger partial charge is 0.270 e. The van der Waals surface area contributed by atoms with Crippen LogP contribution in [0.2, 0.25) is 0 Å². The molecule has 1 N–H and O–H groups in total. The number of para-hydroxylation sites is 1. The summed E-state index contributed by atoms with van der Waals surface area (Å²) in [5.41, 5.74) is 2.18. The predicted molar refractivity (Wildman–Crippen MR) is 145 cm³/mol. The molecule has 0 unspecified atom stereocenters. The van der Waals surface area contributed by atoms with Crippen molar-refractivity contribution < 1.29 is 14.3 Å². The molecule has 0 bridgehead atoms. The van der Waals surface area contributed by atoms with Crippen molar-refractivity contribution in [2.75, 3.05) is 4.90 Å². The maximum absolute atomic E-state index is 13.5. The van der Waals surface area contributed by atoms with E-state index in [4.69, 9.17) is 17.0 Å². The Morgan fingerprint density at radius 2 is 1.60 bits per heavy atom. The summed E-state index contributed by atoms with van der Waals surface area (Å²) < 4.78 is 7.14. The van der Waals surface area contributed by atoms with E-state index >= 15 is 0 Å². The van der Waals surface area contributed by atoms with Gasteiger partial charge in [0, 0.05) is 15.6 Å². The molecular formula is C28H19BrN2O3S. The van der Waals surface area contributed by atoms with Gasteiger partial charge in [0.25, 0.3) is 11.8 Å². The van der Waals surface area contributed by atoms with Crippen LogP contribution in [0.5, 0.6) is 5.75 Å². The van der Waals surface area contributed by atoms with Crippen molar-refractivity contribution >= 4 is 67.6 Å². The summed E-state index contributed by atoms with van der Waals surface area (Å²) in [5.74, 6) is -0.474. The molecule has 0 aliphatic carbocycles. The predicted octanol–water partition coefficient (Wildman–Crippen LogP) is 6.01. The van der Waals surface area contributed by atoms with Crippen LogP contribution in [-0.4, -0.2) is 16.9 Å². The number of halogens is 1. The molecule has 2 amide bonds. The molecule has 0 atom stereocenters. The Labute approximate surface area is 216 Å². The Morgan fingerprint density at radius 3 is 2.40 bits per heavy atom. The SMILES string of the molecule is O=C1NC(=S)N(c2ccccc2)C(=O)/C1=C\c1c(OCc2ccccc2Br)ccc2ccccc12. The van der Waals surface area contributed by atoms with Crippen LogP contribution in [0.15, 0.2) is 101 Å². The van der Waals surface area contributed by atoms with Gasteiger partial charge in [-0.25, -0.2) is 0 Å². The molecule has 0 aromatic heterocycles. The second-order valence-electron chi connectivity index (χ2n) is 7.87. The number of anilines is 1. The van der Waals surface area contributed by atoms with E-state index in [2.05, 4.69) is 21.2 Å². The summed E-state index contributed by atoms with van der Waals surface area (Å²) in [7, 11) is 0. The number of carbonyl (C=O) groups excluding carboxylic acids is 2. The van der Waals surface area contributed by atoms with Crippen molar-refractivity contribution in [3.63, 3.8) is 0 Å². The first-order valence-corrected chi connectivity index (χ1v) is 12.1. The van der Waals surface area contributed by atoms with Crippen molar-refractivity contribution in [3.05, 3.63) is 112 Å². The van der Waals surface area contributed by atoms with Gasteiger partial charge in [-0.15, -0.1) is 0 Å². The van der Waals surface area contributed by atoms with Gasteiger partial charge in [-0.1, -0.05) is 82.7 Å². The number of amides is 2. The van der Waals surface area contributed by atoms with Gasteiger partial charge in [-0.05, 0) is 53.3 Å². The lowest BCUT2D eigenvalue weighted by Crippen LogP contribution is -2.54. The minimum absolute atomic E-state index is 0.0236. The van der Waals surface area contributed by atoms with Crippen LogP contribution in [0, 0.1) is 0 Å². The standard InChI is InChI=1S/C28H19BrN2O3S/c29-24-13-7-5-9-19(24)17-34-25-15-14-18-8-4-6-12-21(18)22(25)16-23-26(32)30-28(35)31(27(23)33)20-10-2-1-3-11-20/h1-16H,17H2,(H,30,32,35)/b23-16-. The molecule has 4 aromatic rings. The molecule has 0 radical (unpaired) electrons. The van der Waals surface area contributed by atoms with Crippen molar-refractivity contribution in [2.24, 2.45) is 0 Å². The van der Waals surface area contributed by atoms with Crippen LogP contribution in [0.3, 0.4) is 0 Å². The van der Waals surface area contributed by atoms with Crippen LogP contribution in [0.25, 0.3) is 16.8 Å². The average Bonchev–Trinajstić information content (AvgIpc) is 2.87. The van der Waals surface area contributed by atoms with Gasteiger partial charge in [0.1, 0.15) is 17.9 Å². The van der Waals surface area contributed by atoms with Gasteiger partial charge in [0.05, 0.1) is 5.69 Å². The van der Waals surface area contributed by atoms with E-state index in [1.54, 1.807) is 18.2 Å². The highest BCUT2D eigenvalue weighted by atomic mass is 79.9. The van der Waals surface area contributed by atoms with Gasteiger partial charge < -0.3 is 4.74 Å². The van der Waals surface area contributed by atoms with E-state index < -0.39 is 11.8 Å². The first kappa shape index (κ1) is 23.0. The van der Waals surface area contributed by atoms with Gasteiger partial charge in [0.15, 0.2) is 5.11 Å². The zero-order chi connectivity index (χ0) is 24.4. The van der Waals surface area contributed by atoms with E-state index in [-0.39, 0.29) is 10.7 Å².